The number of hydrogen-bond acceptors (Lipinski definition) is 2. The highest BCUT2D eigenvalue weighted by molar-refractivity contribution is 5.15. The molecule has 2 rings (SSSR count). The Kier molecular flexibility index (Phi) is 21.8. The molecule has 0 heterocycles. The third kappa shape index (κ3) is 20.0. The number of unbranched alkanes of at least 4 members (excludes halogenated alkanes) is 17. The van der Waals surface area contributed by atoms with E-state index in [4.69, 9.17) is 9.84 Å². The van der Waals surface area contributed by atoms with Crippen molar-refractivity contribution >= 4 is 0 Å². The van der Waals surface area contributed by atoms with Gasteiger partial charge in [0.15, 0.2) is 0 Å². The van der Waals surface area contributed by atoms with Gasteiger partial charge in [0.2, 0.25) is 0 Å². The van der Waals surface area contributed by atoms with Crippen LogP contribution in [0.15, 0.2) is 60.7 Å². The van der Waals surface area contributed by atoms with Crippen LogP contribution in [0.4, 0.5) is 0 Å². The Morgan fingerprint density at radius 1 is 0.462 bits per heavy atom. The zero-order valence-electron chi connectivity index (χ0n) is 25.2. The standard InChI is InChI=1S/C37H60O2/c38-32-24-14-10-6-3-5-9-13-23-31-37(34-36-29-21-17-22-30-36)39-33-25-15-11-7-2-1-4-8-12-18-26-35-27-19-16-20-28-35/h16-17,19-22,27-30,37-38H,1-15,18,23-26,31-34H2. The van der Waals surface area contributed by atoms with Gasteiger partial charge in [0.05, 0.1) is 6.10 Å². The normalized spacial score (nSPS) is 12.1. The lowest BCUT2D eigenvalue weighted by Crippen LogP contribution is -2.17. The van der Waals surface area contributed by atoms with E-state index < -0.39 is 0 Å². The fourth-order valence-corrected chi connectivity index (χ4v) is 5.58. The Morgan fingerprint density at radius 2 is 0.897 bits per heavy atom. The molecule has 0 aromatic heterocycles. The van der Waals surface area contributed by atoms with Gasteiger partial charge in [-0.15, -0.1) is 0 Å². The maximum absolute atomic E-state index is 8.87. The predicted octanol–water partition coefficient (Wildman–Crippen LogP) is 10.7. The molecule has 0 amide bonds. The van der Waals surface area contributed by atoms with Crippen molar-refractivity contribution in [2.45, 2.75) is 147 Å². The Hall–Kier alpha value is -1.64. The van der Waals surface area contributed by atoms with Gasteiger partial charge in [-0.05, 0) is 49.7 Å². The Morgan fingerprint density at radius 3 is 1.44 bits per heavy atom. The number of hydrogen-bond donors (Lipinski definition) is 1. The molecule has 1 unspecified atom stereocenters. The predicted molar refractivity (Wildman–Crippen MR) is 169 cm³/mol. The first-order valence-corrected chi connectivity index (χ1v) is 16.7. The molecule has 1 N–H and O–H groups in total. The third-order valence-corrected chi connectivity index (χ3v) is 8.05. The van der Waals surface area contributed by atoms with Crippen molar-refractivity contribution in [1.82, 2.24) is 0 Å². The van der Waals surface area contributed by atoms with Crippen LogP contribution >= 0.6 is 0 Å². The van der Waals surface area contributed by atoms with E-state index in [9.17, 15) is 0 Å². The van der Waals surface area contributed by atoms with Gasteiger partial charge in [0.25, 0.3) is 0 Å². The number of benzene rings is 2. The first kappa shape index (κ1) is 33.6. The smallest absolute Gasteiger partial charge is 0.0615 e. The summed E-state index contributed by atoms with van der Waals surface area (Å²) in [5.41, 5.74) is 2.89. The van der Waals surface area contributed by atoms with E-state index in [-0.39, 0.29) is 0 Å². The molecule has 2 heteroatoms. The summed E-state index contributed by atoms with van der Waals surface area (Å²) in [6, 6.07) is 21.8. The van der Waals surface area contributed by atoms with Gasteiger partial charge in [0, 0.05) is 13.2 Å². The fraction of sp³-hybridized carbons (Fsp3) is 0.676. The highest BCUT2D eigenvalue weighted by Crippen LogP contribution is 2.17. The van der Waals surface area contributed by atoms with Crippen LogP contribution in [0.2, 0.25) is 0 Å². The van der Waals surface area contributed by atoms with E-state index in [1.165, 1.54) is 140 Å². The lowest BCUT2D eigenvalue weighted by Gasteiger charge is -2.18. The number of ether oxygens (including phenoxy) is 1. The molecule has 0 spiro atoms. The van der Waals surface area contributed by atoms with E-state index in [0.29, 0.717) is 12.7 Å². The first-order chi connectivity index (χ1) is 19.4. The highest BCUT2D eigenvalue weighted by Gasteiger charge is 2.10. The van der Waals surface area contributed by atoms with Crippen LogP contribution in [-0.4, -0.2) is 24.4 Å². The van der Waals surface area contributed by atoms with Crippen molar-refractivity contribution in [3.63, 3.8) is 0 Å². The molecule has 0 fully saturated rings. The molecular weight excluding hydrogens is 476 g/mol. The second-order valence-electron chi connectivity index (χ2n) is 11.6. The summed E-state index contributed by atoms with van der Waals surface area (Å²) in [4.78, 5) is 0. The summed E-state index contributed by atoms with van der Waals surface area (Å²) in [5.74, 6) is 0. The number of aryl methyl sites for hydroxylation is 1. The molecule has 0 radical (unpaired) electrons. The second kappa shape index (κ2) is 25.3. The summed E-state index contributed by atoms with van der Waals surface area (Å²) in [6.45, 7) is 1.27. The Bertz CT molecular complexity index is 745. The Labute approximate surface area is 242 Å². The average Bonchev–Trinajstić information content (AvgIpc) is 2.97. The molecule has 0 bridgehead atoms. The van der Waals surface area contributed by atoms with Crippen LogP contribution in [0.1, 0.15) is 140 Å². The van der Waals surface area contributed by atoms with Gasteiger partial charge >= 0.3 is 0 Å². The van der Waals surface area contributed by atoms with Gasteiger partial charge in [-0.2, -0.15) is 0 Å². The minimum Gasteiger partial charge on any atom is -0.396 e. The van der Waals surface area contributed by atoms with Crippen molar-refractivity contribution in [3.05, 3.63) is 71.8 Å². The zero-order valence-corrected chi connectivity index (χ0v) is 25.2. The van der Waals surface area contributed by atoms with Gasteiger partial charge in [-0.25, -0.2) is 0 Å². The molecule has 0 saturated heterocycles. The van der Waals surface area contributed by atoms with Crippen LogP contribution < -0.4 is 0 Å². The molecule has 0 saturated carbocycles. The number of aliphatic hydroxyl groups excluding tert-OH is 1. The molecule has 0 aliphatic heterocycles. The van der Waals surface area contributed by atoms with Gasteiger partial charge in [-0.1, -0.05) is 163 Å². The Balaban J connectivity index is 1.44. The van der Waals surface area contributed by atoms with Crippen molar-refractivity contribution in [3.8, 4) is 0 Å². The highest BCUT2D eigenvalue weighted by atomic mass is 16.5. The topological polar surface area (TPSA) is 29.5 Å². The second-order valence-corrected chi connectivity index (χ2v) is 11.6. The summed E-state index contributed by atoms with van der Waals surface area (Å²) in [6.07, 6.45) is 28.9. The summed E-state index contributed by atoms with van der Waals surface area (Å²) < 4.78 is 6.42. The van der Waals surface area contributed by atoms with Gasteiger partial charge in [0.1, 0.15) is 0 Å². The number of rotatable bonds is 27. The van der Waals surface area contributed by atoms with Crippen LogP contribution in [0.3, 0.4) is 0 Å². The van der Waals surface area contributed by atoms with Crippen LogP contribution in [0.5, 0.6) is 0 Å². The van der Waals surface area contributed by atoms with E-state index in [1.54, 1.807) is 0 Å². The molecule has 1 atom stereocenters. The van der Waals surface area contributed by atoms with Crippen LogP contribution in [0, 0.1) is 0 Å². The van der Waals surface area contributed by atoms with Crippen LogP contribution in [-0.2, 0) is 17.6 Å². The zero-order chi connectivity index (χ0) is 27.5. The summed E-state index contributed by atoms with van der Waals surface area (Å²) in [5, 5.41) is 8.87. The average molecular weight is 537 g/mol. The maximum Gasteiger partial charge on any atom is 0.0615 e. The summed E-state index contributed by atoms with van der Waals surface area (Å²) in [7, 11) is 0. The molecule has 2 aromatic rings. The van der Waals surface area contributed by atoms with Crippen molar-refractivity contribution in [1.29, 1.82) is 0 Å². The third-order valence-electron chi connectivity index (χ3n) is 8.05. The SMILES string of the molecule is OCCCCCCCCCCCC(Cc1ccccc1)OCCCCCCCCCCCCc1ccccc1. The minimum absolute atomic E-state index is 0.350. The lowest BCUT2D eigenvalue weighted by molar-refractivity contribution is 0.0433. The van der Waals surface area contributed by atoms with Crippen molar-refractivity contribution in [2.75, 3.05) is 13.2 Å². The van der Waals surface area contributed by atoms with E-state index >= 15 is 0 Å². The molecule has 2 nitrogen and oxygen atoms in total. The molecular formula is C37H60O2. The van der Waals surface area contributed by atoms with E-state index in [0.717, 1.165) is 19.4 Å². The largest absolute Gasteiger partial charge is 0.396 e. The quantitative estimate of drug-likeness (QED) is 0.115. The van der Waals surface area contributed by atoms with Crippen molar-refractivity contribution < 1.29 is 9.84 Å². The monoisotopic (exact) mass is 536 g/mol. The van der Waals surface area contributed by atoms with Gasteiger partial charge < -0.3 is 9.84 Å². The van der Waals surface area contributed by atoms with Gasteiger partial charge in [-0.3, -0.25) is 0 Å². The van der Waals surface area contributed by atoms with E-state index in [1.807, 2.05) is 0 Å². The fourth-order valence-electron chi connectivity index (χ4n) is 5.58. The molecule has 39 heavy (non-hydrogen) atoms. The lowest BCUT2D eigenvalue weighted by atomic mass is 10.0. The maximum atomic E-state index is 8.87. The number of aliphatic hydroxyl groups is 1. The van der Waals surface area contributed by atoms with Crippen LogP contribution in [0.25, 0.3) is 0 Å². The first-order valence-electron chi connectivity index (χ1n) is 16.7. The molecule has 0 aliphatic carbocycles. The van der Waals surface area contributed by atoms with Crippen molar-refractivity contribution in [2.24, 2.45) is 0 Å². The molecule has 2 aromatic carbocycles. The summed E-state index contributed by atoms with van der Waals surface area (Å²) >= 11 is 0. The minimum atomic E-state index is 0.350. The van der Waals surface area contributed by atoms with E-state index in [2.05, 4.69) is 60.7 Å². The molecule has 220 valence electrons. The molecule has 0 aliphatic rings.